The van der Waals surface area contributed by atoms with Gasteiger partial charge in [-0.3, -0.25) is 9.59 Å². The standard InChI is InChI=1S/C24H20BrCl2N3O3/c25-18-9-10-22(33-15-16-5-1-2-6-19(16)26)17(13-18)14-28-30-24(32)12-11-23(31)29-21-8-4-3-7-20(21)27/h1-10,13-14H,11-12,15H2,(H,29,31)(H,30,32). The van der Waals surface area contributed by atoms with Crippen molar-refractivity contribution in [1.82, 2.24) is 5.43 Å². The van der Waals surface area contributed by atoms with E-state index < -0.39 is 5.91 Å². The molecular weight excluding hydrogens is 529 g/mol. The minimum Gasteiger partial charge on any atom is -0.488 e. The zero-order chi connectivity index (χ0) is 23.6. The van der Waals surface area contributed by atoms with E-state index in [9.17, 15) is 9.59 Å². The van der Waals surface area contributed by atoms with E-state index >= 15 is 0 Å². The molecule has 0 heterocycles. The number of hydrazone groups is 1. The number of nitrogens with one attached hydrogen (secondary N) is 2. The maximum absolute atomic E-state index is 12.1. The Morgan fingerprint density at radius 2 is 1.64 bits per heavy atom. The van der Waals surface area contributed by atoms with Crippen LogP contribution < -0.4 is 15.5 Å². The summed E-state index contributed by atoms with van der Waals surface area (Å²) >= 11 is 15.6. The summed E-state index contributed by atoms with van der Waals surface area (Å²) in [5, 5.41) is 7.71. The lowest BCUT2D eigenvalue weighted by atomic mass is 10.2. The first kappa shape index (κ1) is 24.8. The van der Waals surface area contributed by atoms with Crippen molar-refractivity contribution in [3.05, 3.63) is 92.4 Å². The number of halogens is 3. The zero-order valence-corrected chi connectivity index (χ0v) is 20.5. The molecule has 0 fully saturated rings. The number of hydrogen-bond donors (Lipinski definition) is 2. The number of carbonyl (C=O) groups excluding carboxylic acids is 2. The highest BCUT2D eigenvalue weighted by Crippen LogP contribution is 2.24. The fraction of sp³-hybridized carbons (Fsp3) is 0.125. The van der Waals surface area contributed by atoms with Gasteiger partial charge in [-0.05, 0) is 36.4 Å². The Bertz CT molecular complexity index is 1170. The molecule has 0 aliphatic heterocycles. The summed E-state index contributed by atoms with van der Waals surface area (Å²) in [6.45, 7) is 0.287. The molecule has 3 aromatic carbocycles. The predicted octanol–water partition coefficient (Wildman–Crippen LogP) is 6.20. The molecule has 0 atom stereocenters. The second-order valence-electron chi connectivity index (χ2n) is 6.88. The van der Waals surface area contributed by atoms with Gasteiger partial charge in [-0.1, -0.05) is 69.5 Å². The van der Waals surface area contributed by atoms with Crippen molar-refractivity contribution in [3.8, 4) is 5.75 Å². The second-order valence-corrected chi connectivity index (χ2v) is 8.61. The van der Waals surface area contributed by atoms with E-state index in [1.54, 1.807) is 36.4 Å². The second kappa shape index (κ2) is 12.4. The topological polar surface area (TPSA) is 79.8 Å². The van der Waals surface area contributed by atoms with Crippen LogP contribution in [0.2, 0.25) is 10.0 Å². The van der Waals surface area contributed by atoms with E-state index in [-0.39, 0.29) is 25.4 Å². The minimum atomic E-state index is -0.394. The van der Waals surface area contributed by atoms with Crippen molar-refractivity contribution in [2.24, 2.45) is 5.10 Å². The van der Waals surface area contributed by atoms with Crippen LogP contribution in [0, 0.1) is 0 Å². The molecule has 3 aromatic rings. The van der Waals surface area contributed by atoms with Crippen LogP contribution in [0.5, 0.6) is 5.75 Å². The summed E-state index contributed by atoms with van der Waals surface area (Å²) in [6.07, 6.45) is 1.45. The lowest BCUT2D eigenvalue weighted by Crippen LogP contribution is -2.20. The van der Waals surface area contributed by atoms with Crippen molar-refractivity contribution in [1.29, 1.82) is 0 Å². The molecule has 0 bridgehead atoms. The van der Waals surface area contributed by atoms with Gasteiger partial charge in [-0.2, -0.15) is 5.10 Å². The van der Waals surface area contributed by atoms with Crippen LogP contribution in [0.3, 0.4) is 0 Å². The largest absolute Gasteiger partial charge is 0.488 e. The van der Waals surface area contributed by atoms with Crippen LogP contribution in [-0.2, 0) is 16.2 Å². The fourth-order valence-corrected chi connectivity index (χ4v) is 3.51. The van der Waals surface area contributed by atoms with Gasteiger partial charge in [0.2, 0.25) is 11.8 Å². The summed E-state index contributed by atoms with van der Waals surface area (Å²) in [5.41, 5.74) is 4.44. The van der Waals surface area contributed by atoms with Crippen molar-refractivity contribution in [3.63, 3.8) is 0 Å². The molecule has 0 unspecified atom stereocenters. The molecule has 0 aromatic heterocycles. The SMILES string of the molecule is O=C(CCC(=O)Nc1ccccc1Cl)NN=Cc1cc(Br)ccc1OCc1ccccc1Cl. The molecule has 6 nitrogen and oxygen atoms in total. The number of anilines is 1. The lowest BCUT2D eigenvalue weighted by Gasteiger charge is -2.10. The van der Waals surface area contributed by atoms with Gasteiger partial charge in [0.15, 0.2) is 0 Å². The van der Waals surface area contributed by atoms with E-state index in [0.29, 0.717) is 27.0 Å². The van der Waals surface area contributed by atoms with Crippen molar-refractivity contribution in [2.75, 3.05) is 5.32 Å². The first-order valence-corrected chi connectivity index (χ1v) is 11.5. The van der Waals surface area contributed by atoms with Crippen LogP contribution in [-0.4, -0.2) is 18.0 Å². The molecule has 2 amide bonds. The van der Waals surface area contributed by atoms with E-state index in [2.05, 4.69) is 31.8 Å². The van der Waals surface area contributed by atoms with Gasteiger partial charge in [-0.25, -0.2) is 5.43 Å². The highest BCUT2D eigenvalue weighted by molar-refractivity contribution is 9.10. The Labute approximate surface area is 210 Å². The molecule has 0 radical (unpaired) electrons. The quantitative estimate of drug-likeness (QED) is 0.246. The summed E-state index contributed by atoms with van der Waals surface area (Å²) in [5.74, 6) is -0.131. The summed E-state index contributed by atoms with van der Waals surface area (Å²) in [7, 11) is 0. The van der Waals surface area contributed by atoms with Gasteiger partial charge in [-0.15, -0.1) is 0 Å². The number of hydrogen-bond acceptors (Lipinski definition) is 4. The van der Waals surface area contributed by atoms with Gasteiger partial charge >= 0.3 is 0 Å². The Balaban J connectivity index is 1.52. The van der Waals surface area contributed by atoms with Crippen molar-refractivity contribution < 1.29 is 14.3 Å². The van der Waals surface area contributed by atoms with Crippen LogP contribution in [0.4, 0.5) is 5.69 Å². The van der Waals surface area contributed by atoms with Crippen LogP contribution in [0.15, 0.2) is 76.3 Å². The molecule has 0 spiro atoms. The predicted molar refractivity (Wildman–Crippen MR) is 135 cm³/mol. The molecule has 0 aliphatic carbocycles. The maximum atomic E-state index is 12.1. The van der Waals surface area contributed by atoms with E-state index in [1.807, 2.05) is 30.3 Å². The van der Waals surface area contributed by atoms with E-state index in [1.165, 1.54) is 6.21 Å². The number of amides is 2. The Hall–Kier alpha value is -2.87. The fourth-order valence-electron chi connectivity index (χ4n) is 2.75. The Morgan fingerprint density at radius 3 is 2.39 bits per heavy atom. The lowest BCUT2D eigenvalue weighted by molar-refractivity contribution is -0.124. The van der Waals surface area contributed by atoms with Crippen molar-refractivity contribution >= 4 is 62.8 Å². The first-order chi connectivity index (χ1) is 15.9. The zero-order valence-electron chi connectivity index (χ0n) is 17.4. The molecular formula is C24H20BrCl2N3O3. The summed E-state index contributed by atoms with van der Waals surface area (Å²) in [6, 6.07) is 19.8. The Kier molecular flexibility index (Phi) is 9.30. The van der Waals surface area contributed by atoms with Gasteiger partial charge in [0.05, 0.1) is 16.9 Å². The van der Waals surface area contributed by atoms with E-state index in [0.717, 1.165) is 10.0 Å². The molecule has 2 N–H and O–H groups in total. The third kappa shape index (κ3) is 7.89. The van der Waals surface area contributed by atoms with Gasteiger partial charge in [0, 0.05) is 33.5 Å². The average Bonchev–Trinajstić information content (AvgIpc) is 2.80. The van der Waals surface area contributed by atoms with Gasteiger partial charge in [0.25, 0.3) is 0 Å². The van der Waals surface area contributed by atoms with Crippen LogP contribution in [0.1, 0.15) is 24.0 Å². The highest BCUT2D eigenvalue weighted by Gasteiger charge is 2.09. The number of nitrogens with zero attached hydrogens (tertiary/aromatic N) is 1. The molecule has 0 aliphatic rings. The summed E-state index contributed by atoms with van der Waals surface area (Å²) in [4.78, 5) is 24.1. The average molecular weight is 549 g/mol. The smallest absolute Gasteiger partial charge is 0.240 e. The van der Waals surface area contributed by atoms with Crippen LogP contribution >= 0.6 is 39.1 Å². The van der Waals surface area contributed by atoms with Crippen molar-refractivity contribution in [2.45, 2.75) is 19.4 Å². The Morgan fingerprint density at radius 1 is 0.939 bits per heavy atom. The third-order valence-corrected chi connectivity index (χ3v) is 5.62. The molecule has 33 heavy (non-hydrogen) atoms. The third-order valence-electron chi connectivity index (χ3n) is 4.43. The summed E-state index contributed by atoms with van der Waals surface area (Å²) < 4.78 is 6.72. The number of carbonyl (C=O) groups is 2. The van der Waals surface area contributed by atoms with E-state index in [4.69, 9.17) is 27.9 Å². The number of para-hydroxylation sites is 1. The molecule has 0 saturated carbocycles. The molecule has 3 rings (SSSR count). The highest BCUT2D eigenvalue weighted by atomic mass is 79.9. The number of benzene rings is 3. The normalized spacial score (nSPS) is 10.8. The molecule has 9 heteroatoms. The number of rotatable bonds is 9. The molecule has 170 valence electrons. The minimum absolute atomic E-state index is 0.00431. The van der Waals surface area contributed by atoms with Crippen LogP contribution in [0.25, 0.3) is 0 Å². The maximum Gasteiger partial charge on any atom is 0.240 e. The monoisotopic (exact) mass is 547 g/mol. The van der Waals surface area contributed by atoms with Gasteiger partial charge in [0.1, 0.15) is 12.4 Å². The molecule has 0 saturated heterocycles. The first-order valence-electron chi connectivity index (χ1n) is 9.94. The number of ether oxygens (including phenoxy) is 1. The van der Waals surface area contributed by atoms with Gasteiger partial charge < -0.3 is 10.1 Å².